The Morgan fingerprint density at radius 1 is 1.30 bits per heavy atom. The van der Waals surface area contributed by atoms with Crippen molar-refractivity contribution in [3.63, 3.8) is 0 Å². The van der Waals surface area contributed by atoms with E-state index in [2.05, 4.69) is 4.99 Å². The number of ether oxygens (including phenoxy) is 3. The lowest BCUT2D eigenvalue weighted by atomic mass is 10.2. The summed E-state index contributed by atoms with van der Waals surface area (Å²) in [5, 5.41) is 11.1. The number of non-ortho nitro benzene ring substituents is 1. The van der Waals surface area contributed by atoms with Gasteiger partial charge in [-0.3, -0.25) is 14.9 Å². The largest absolute Gasteiger partial charge is 0.454 e. The van der Waals surface area contributed by atoms with Crippen LogP contribution >= 0.6 is 11.3 Å². The summed E-state index contributed by atoms with van der Waals surface area (Å²) >= 11 is 1.22. The maximum atomic E-state index is 12.4. The van der Waals surface area contributed by atoms with Crippen LogP contribution in [0.4, 0.5) is 5.69 Å². The second-order valence-corrected chi connectivity index (χ2v) is 7.34. The molecule has 4 rings (SSSR count). The Hall–Kier alpha value is -3.50. The minimum absolute atomic E-state index is 0.0109. The Morgan fingerprint density at radius 3 is 2.93 bits per heavy atom. The molecule has 0 unspecified atom stereocenters. The number of benzene rings is 2. The lowest BCUT2D eigenvalue weighted by Crippen LogP contribution is -2.18. The third-order valence-electron chi connectivity index (χ3n) is 4.42. The molecule has 30 heavy (non-hydrogen) atoms. The number of amides is 1. The van der Waals surface area contributed by atoms with Gasteiger partial charge in [0.05, 0.1) is 21.7 Å². The van der Waals surface area contributed by atoms with Crippen molar-refractivity contribution in [2.75, 3.05) is 20.5 Å². The maximum Gasteiger partial charge on any atom is 0.272 e. The Labute approximate surface area is 174 Å². The van der Waals surface area contributed by atoms with Gasteiger partial charge in [0, 0.05) is 31.9 Å². The number of rotatable bonds is 6. The molecule has 0 saturated carbocycles. The lowest BCUT2D eigenvalue weighted by molar-refractivity contribution is -0.384. The quantitative estimate of drug-likeness (QED) is 0.340. The van der Waals surface area contributed by atoms with Gasteiger partial charge < -0.3 is 18.8 Å². The summed E-state index contributed by atoms with van der Waals surface area (Å²) in [6.07, 6.45) is 3.01. The zero-order valence-electron chi connectivity index (χ0n) is 15.9. The number of hydrogen-bond donors (Lipinski definition) is 0. The van der Waals surface area contributed by atoms with Crippen LogP contribution in [0.3, 0.4) is 0 Å². The molecule has 154 valence electrons. The van der Waals surface area contributed by atoms with Crippen molar-refractivity contribution in [1.29, 1.82) is 0 Å². The molecule has 0 radical (unpaired) electrons. The van der Waals surface area contributed by atoms with Gasteiger partial charge in [-0.25, -0.2) is 0 Å². The Morgan fingerprint density at radius 2 is 2.13 bits per heavy atom. The standard InChI is InChI=1S/C20H17N3O6S/c1-27-9-8-22-15-5-4-14(23(25)26)11-18(15)30-20(22)21-19(24)7-3-13-2-6-16-17(10-13)29-12-28-16/h2-7,10-11H,8-9,12H2,1H3/b7-3-,21-20?. The molecule has 0 aliphatic carbocycles. The van der Waals surface area contributed by atoms with Crippen molar-refractivity contribution in [1.82, 2.24) is 4.57 Å². The maximum absolute atomic E-state index is 12.4. The van der Waals surface area contributed by atoms with Gasteiger partial charge in [-0.1, -0.05) is 17.4 Å². The first kappa shape index (κ1) is 19.8. The second kappa shape index (κ2) is 8.47. The molecule has 1 aromatic heterocycles. The predicted molar refractivity (Wildman–Crippen MR) is 111 cm³/mol. The number of nitro groups is 1. The molecule has 3 aromatic rings. The van der Waals surface area contributed by atoms with Gasteiger partial charge in [-0.15, -0.1) is 0 Å². The van der Waals surface area contributed by atoms with Gasteiger partial charge in [0.15, 0.2) is 16.3 Å². The van der Waals surface area contributed by atoms with Crippen LogP contribution < -0.4 is 14.3 Å². The van der Waals surface area contributed by atoms with Gasteiger partial charge in [0.2, 0.25) is 6.79 Å². The summed E-state index contributed by atoms with van der Waals surface area (Å²) in [5.41, 5.74) is 1.53. The molecule has 0 bridgehead atoms. The number of methoxy groups -OCH3 is 1. The molecule has 0 fully saturated rings. The van der Waals surface area contributed by atoms with Crippen LogP contribution in [0.2, 0.25) is 0 Å². The van der Waals surface area contributed by atoms with Crippen molar-refractivity contribution in [3.05, 3.63) is 63.0 Å². The van der Waals surface area contributed by atoms with E-state index >= 15 is 0 Å². The SMILES string of the molecule is COCCn1c(=NC(=O)/C=C\c2ccc3c(c2)OCO3)sc2cc([N+](=O)[O-])ccc21. The second-order valence-electron chi connectivity index (χ2n) is 6.33. The van der Waals surface area contributed by atoms with E-state index in [9.17, 15) is 14.9 Å². The number of nitrogens with zero attached hydrogens (tertiary/aromatic N) is 3. The molecule has 10 heteroatoms. The summed E-state index contributed by atoms with van der Waals surface area (Å²) in [6.45, 7) is 1.06. The molecular weight excluding hydrogens is 410 g/mol. The highest BCUT2D eigenvalue weighted by molar-refractivity contribution is 7.16. The van der Waals surface area contributed by atoms with Crippen LogP contribution in [-0.4, -0.2) is 35.9 Å². The van der Waals surface area contributed by atoms with Gasteiger partial charge in [-0.05, 0) is 29.8 Å². The normalized spacial score (nSPS) is 13.4. The first-order chi connectivity index (χ1) is 14.5. The van der Waals surface area contributed by atoms with Crippen LogP contribution in [0.5, 0.6) is 11.5 Å². The van der Waals surface area contributed by atoms with Crippen LogP contribution in [0.15, 0.2) is 47.5 Å². The first-order valence-electron chi connectivity index (χ1n) is 8.98. The molecule has 0 atom stereocenters. The van der Waals surface area contributed by atoms with E-state index in [1.54, 1.807) is 31.4 Å². The monoisotopic (exact) mass is 427 g/mol. The number of aromatic nitrogens is 1. The van der Waals surface area contributed by atoms with Gasteiger partial charge in [0.1, 0.15) is 0 Å². The summed E-state index contributed by atoms with van der Waals surface area (Å²) < 4.78 is 18.2. The Kier molecular flexibility index (Phi) is 5.59. The minimum Gasteiger partial charge on any atom is -0.454 e. The van der Waals surface area contributed by atoms with Crippen LogP contribution in [0, 0.1) is 10.1 Å². The Bertz CT molecular complexity index is 1230. The molecule has 0 N–H and O–H groups in total. The van der Waals surface area contributed by atoms with Gasteiger partial charge in [0.25, 0.3) is 11.6 Å². The van der Waals surface area contributed by atoms with E-state index in [1.165, 1.54) is 29.5 Å². The number of thiazole rings is 1. The average Bonchev–Trinajstić information content (AvgIpc) is 3.33. The molecule has 9 nitrogen and oxygen atoms in total. The molecule has 2 aromatic carbocycles. The predicted octanol–water partition coefficient (Wildman–Crippen LogP) is 3.13. The van der Waals surface area contributed by atoms with Crippen molar-refractivity contribution in [3.8, 4) is 11.5 Å². The van der Waals surface area contributed by atoms with E-state index in [0.29, 0.717) is 34.2 Å². The summed E-state index contributed by atoms with van der Waals surface area (Å²) in [6, 6.07) is 9.95. The summed E-state index contributed by atoms with van der Waals surface area (Å²) in [5.74, 6) is 0.853. The Balaban J connectivity index is 1.66. The van der Waals surface area contributed by atoms with Crippen molar-refractivity contribution < 1.29 is 23.9 Å². The highest BCUT2D eigenvalue weighted by Gasteiger charge is 2.13. The van der Waals surface area contributed by atoms with Gasteiger partial charge >= 0.3 is 0 Å². The van der Waals surface area contributed by atoms with Crippen molar-refractivity contribution in [2.24, 2.45) is 4.99 Å². The van der Waals surface area contributed by atoms with Crippen LogP contribution in [0.25, 0.3) is 16.3 Å². The van der Waals surface area contributed by atoms with E-state index in [1.807, 2.05) is 10.6 Å². The molecule has 0 saturated heterocycles. The summed E-state index contributed by atoms with van der Waals surface area (Å²) in [4.78, 5) is 27.7. The van der Waals surface area contributed by atoms with Gasteiger partial charge in [-0.2, -0.15) is 4.99 Å². The van der Waals surface area contributed by atoms with Crippen LogP contribution in [0.1, 0.15) is 5.56 Å². The van der Waals surface area contributed by atoms with Crippen molar-refractivity contribution in [2.45, 2.75) is 6.54 Å². The van der Waals surface area contributed by atoms with E-state index in [4.69, 9.17) is 14.2 Å². The van der Waals surface area contributed by atoms with E-state index < -0.39 is 10.8 Å². The minimum atomic E-state index is -0.450. The molecular formula is C20H17N3O6S. The molecule has 2 heterocycles. The van der Waals surface area contributed by atoms with Crippen LogP contribution in [-0.2, 0) is 16.1 Å². The van der Waals surface area contributed by atoms with E-state index in [0.717, 1.165) is 11.1 Å². The van der Waals surface area contributed by atoms with Crippen molar-refractivity contribution >= 4 is 39.2 Å². The number of carbonyl (C=O) groups is 1. The lowest BCUT2D eigenvalue weighted by Gasteiger charge is -2.03. The highest BCUT2D eigenvalue weighted by Crippen LogP contribution is 2.32. The zero-order chi connectivity index (χ0) is 21.1. The number of fused-ring (bicyclic) bond motifs is 2. The smallest absolute Gasteiger partial charge is 0.272 e. The fourth-order valence-corrected chi connectivity index (χ4v) is 4.07. The number of nitro benzene ring substituents is 1. The first-order valence-corrected chi connectivity index (χ1v) is 9.80. The highest BCUT2D eigenvalue weighted by atomic mass is 32.1. The molecule has 1 aliphatic rings. The fourth-order valence-electron chi connectivity index (χ4n) is 2.98. The third-order valence-corrected chi connectivity index (χ3v) is 5.46. The average molecular weight is 427 g/mol. The molecule has 0 spiro atoms. The number of carbonyl (C=O) groups excluding carboxylic acids is 1. The number of hydrogen-bond acceptors (Lipinski definition) is 7. The molecule has 1 amide bonds. The molecule has 1 aliphatic heterocycles. The summed E-state index contributed by atoms with van der Waals surface area (Å²) in [7, 11) is 1.58. The fraction of sp³-hybridized carbons (Fsp3) is 0.200. The van der Waals surface area contributed by atoms with E-state index in [-0.39, 0.29) is 12.5 Å². The third kappa shape index (κ3) is 4.09. The zero-order valence-corrected chi connectivity index (χ0v) is 16.8. The topological polar surface area (TPSA) is 105 Å².